The number of hydrogen-bond donors (Lipinski definition) is 1. The SMILES string of the molecule is CN1CCN(Cc2cccc(Nc3ncc4ccc(-c5cccc(S(C)(=O)=O)c5)n4n3)n2)CC1. The number of sulfone groups is 1. The monoisotopic (exact) mass is 477 g/mol. The molecule has 1 aromatic carbocycles. The lowest BCUT2D eigenvalue weighted by Gasteiger charge is -2.32. The third kappa shape index (κ3) is 4.93. The molecule has 3 aromatic heterocycles. The van der Waals surface area contributed by atoms with Gasteiger partial charge in [0.15, 0.2) is 9.84 Å². The molecular weight excluding hydrogens is 450 g/mol. The molecule has 0 spiro atoms. The third-order valence-corrected chi connectivity index (χ3v) is 7.09. The van der Waals surface area contributed by atoms with E-state index in [1.54, 1.807) is 28.9 Å². The number of pyridine rings is 1. The molecule has 1 fully saturated rings. The van der Waals surface area contributed by atoms with E-state index in [4.69, 9.17) is 4.98 Å². The molecule has 0 saturated carbocycles. The number of likely N-dealkylation sites (N-methyl/N-ethyl adjacent to an activating group) is 1. The van der Waals surface area contributed by atoms with Crippen LogP contribution in [0.25, 0.3) is 16.8 Å². The van der Waals surface area contributed by atoms with Crippen LogP contribution in [0.15, 0.2) is 65.7 Å². The second-order valence-electron chi connectivity index (χ2n) is 8.66. The van der Waals surface area contributed by atoms with E-state index < -0.39 is 9.84 Å². The molecule has 0 bridgehead atoms. The van der Waals surface area contributed by atoms with Crippen LogP contribution in [-0.2, 0) is 16.4 Å². The van der Waals surface area contributed by atoms with Gasteiger partial charge in [-0.2, -0.15) is 0 Å². The van der Waals surface area contributed by atoms with Gasteiger partial charge in [0.25, 0.3) is 0 Å². The Hall–Kier alpha value is -3.34. The van der Waals surface area contributed by atoms with Crippen LogP contribution < -0.4 is 5.32 Å². The minimum Gasteiger partial charge on any atom is -0.308 e. The Morgan fingerprint density at radius 2 is 1.79 bits per heavy atom. The molecule has 0 unspecified atom stereocenters. The second kappa shape index (κ2) is 9.13. The first-order valence-electron chi connectivity index (χ1n) is 11.1. The first kappa shape index (κ1) is 22.5. The molecule has 1 saturated heterocycles. The van der Waals surface area contributed by atoms with Gasteiger partial charge in [-0.25, -0.2) is 22.9 Å². The Bertz CT molecular complexity index is 1430. The molecule has 1 N–H and O–H groups in total. The molecule has 0 radical (unpaired) electrons. The summed E-state index contributed by atoms with van der Waals surface area (Å²) in [5.74, 6) is 1.09. The van der Waals surface area contributed by atoms with Crippen molar-refractivity contribution in [3.8, 4) is 11.3 Å². The van der Waals surface area contributed by atoms with E-state index >= 15 is 0 Å². The molecule has 176 valence electrons. The highest BCUT2D eigenvalue weighted by atomic mass is 32.2. The smallest absolute Gasteiger partial charge is 0.246 e. The molecule has 0 amide bonds. The summed E-state index contributed by atoms with van der Waals surface area (Å²) in [6, 6.07) is 16.6. The van der Waals surface area contributed by atoms with Crippen molar-refractivity contribution >= 4 is 27.1 Å². The van der Waals surface area contributed by atoms with E-state index in [0.29, 0.717) is 11.8 Å². The first-order chi connectivity index (χ1) is 16.3. The van der Waals surface area contributed by atoms with Gasteiger partial charge in [0.05, 0.1) is 28.0 Å². The van der Waals surface area contributed by atoms with E-state index in [1.807, 2.05) is 36.4 Å². The second-order valence-corrected chi connectivity index (χ2v) is 10.7. The van der Waals surface area contributed by atoms with E-state index in [9.17, 15) is 8.42 Å². The highest BCUT2D eigenvalue weighted by molar-refractivity contribution is 7.90. The highest BCUT2D eigenvalue weighted by Crippen LogP contribution is 2.25. The fraction of sp³-hybridized carbons (Fsp3) is 0.292. The molecule has 5 rings (SSSR count). The normalized spacial score (nSPS) is 15.6. The van der Waals surface area contributed by atoms with Crippen LogP contribution in [0.2, 0.25) is 0 Å². The Kier molecular flexibility index (Phi) is 6.03. The van der Waals surface area contributed by atoms with Crippen LogP contribution in [-0.4, -0.2) is 77.3 Å². The van der Waals surface area contributed by atoms with Gasteiger partial charge in [0, 0.05) is 44.5 Å². The predicted molar refractivity (Wildman–Crippen MR) is 132 cm³/mol. The number of fused-ring (bicyclic) bond motifs is 1. The largest absolute Gasteiger partial charge is 0.308 e. The molecule has 1 aliphatic heterocycles. The summed E-state index contributed by atoms with van der Waals surface area (Å²) >= 11 is 0. The molecular formula is C24H27N7O2S. The van der Waals surface area contributed by atoms with Gasteiger partial charge in [-0.15, -0.1) is 5.10 Å². The lowest BCUT2D eigenvalue weighted by atomic mass is 10.2. The molecule has 10 heteroatoms. The zero-order chi connectivity index (χ0) is 23.7. The summed E-state index contributed by atoms with van der Waals surface area (Å²) in [6.45, 7) is 5.01. The quantitative estimate of drug-likeness (QED) is 0.453. The zero-order valence-corrected chi connectivity index (χ0v) is 20.0. The van der Waals surface area contributed by atoms with Crippen molar-refractivity contribution in [2.75, 3.05) is 44.8 Å². The predicted octanol–water partition coefficient (Wildman–Crippen LogP) is 2.69. The first-order valence-corrected chi connectivity index (χ1v) is 13.0. The van der Waals surface area contributed by atoms with Crippen LogP contribution in [0.5, 0.6) is 0 Å². The minimum absolute atomic E-state index is 0.272. The molecule has 0 atom stereocenters. The molecule has 0 aliphatic carbocycles. The average molecular weight is 478 g/mol. The summed E-state index contributed by atoms with van der Waals surface area (Å²) < 4.78 is 25.7. The van der Waals surface area contributed by atoms with Crippen molar-refractivity contribution < 1.29 is 8.42 Å². The fourth-order valence-corrected chi connectivity index (χ4v) is 4.72. The van der Waals surface area contributed by atoms with E-state index in [1.165, 1.54) is 6.26 Å². The van der Waals surface area contributed by atoms with Crippen molar-refractivity contribution in [1.82, 2.24) is 29.4 Å². The number of aromatic nitrogens is 4. The van der Waals surface area contributed by atoms with Gasteiger partial charge in [0.1, 0.15) is 5.82 Å². The Labute approximate surface area is 199 Å². The Balaban J connectivity index is 1.39. The maximum Gasteiger partial charge on any atom is 0.246 e. The summed E-state index contributed by atoms with van der Waals surface area (Å²) in [7, 11) is -1.16. The van der Waals surface area contributed by atoms with Gasteiger partial charge in [-0.05, 0) is 43.4 Å². The zero-order valence-electron chi connectivity index (χ0n) is 19.2. The van der Waals surface area contributed by atoms with Crippen molar-refractivity contribution in [3.05, 3.63) is 66.5 Å². The molecule has 9 nitrogen and oxygen atoms in total. The van der Waals surface area contributed by atoms with Crippen LogP contribution in [0.1, 0.15) is 5.69 Å². The number of nitrogens with zero attached hydrogens (tertiary/aromatic N) is 6. The summed E-state index contributed by atoms with van der Waals surface area (Å²) in [6.07, 6.45) is 2.94. The summed E-state index contributed by atoms with van der Waals surface area (Å²) in [5, 5.41) is 7.85. The number of benzene rings is 1. The van der Waals surface area contributed by atoms with E-state index in [0.717, 1.165) is 55.2 Å². The molecule has 4 heterocycles. The van der Waals surface area contributed by atoms with Crippen molar-refractivity contribution in [3.63, 3.8) is 0 Å². The van der Waals surface area contributed by atoms with E-state index in [2.05, 4.69) is 32.2 Å². The fourth-order valence-electron chi connectivity index (χ4n) is 4.05. The van der Waals surface area contributed by atoms with Crippen molar-refractivity contribution in [2.45, 2.75) is 11.4 Å². The number of nitrogens with one attached hydrogen (secondary N) is 1. The van der Waals surface area contributed by atoms with E-state index in [-0.39, 0.29) is 4.90 Å². The Morgan fingerprint density at radius 3 is 2.59 bits per heavy atom. The lowest BCUT2D eigenvalue weighted by molar-refractivity contribution is 0.147. The molecule has 1 aliphatic rings. The maximum absolute atomic E-state index is 12.0. The molecule has 4 aromatic rings. The summed E-state index contributed by atoms with van der Waals surface area (Å²) in [4.78, 5) is 14.2. The van der Waals surface area contributed by atoms with Crippen molar-refractivity contribution in [1.29, 1.82) is 0 Å². The lowest BCUT2D eigenvalue weighted by Crippen LogP contribution is -2.44. The number of hydrogen-bond acceptors (Lipinski definition) is 8. The van der Waals surface area contributed by atoms with Gasteiger partial charge in [-0.3, -0.25) is 4.90 Å². The topological polar surface area (TPSA) is 95.7 Å². The Morgan fingerprint density at radius 1 is 1.00 bits per heavy atom. The third-order valence-electron chi connectivity index (χ3n) is 5.98. The van der Waals surface area contributed by atoms with Crippen LogP contribution in [0.4, 0.5) is 11.8 Å². The average Bonchev–Trinajstić information content (AvgIpc) is 3.24. The maximum atomic E-state index is 12.0. The van der Waals surface area contributed by atoms with Crippen LogP contribution >= 0.6 is 0 Å². The summed E-state index contributed by atoms with van der Waals surface area (Å²) in [5.41, 5.74) is 3.35. The standard InChI is InChI=1S/C24H27N7O2S/c1-29-11-13-30(14-12-29)17-19-6-4-8-23(26-19)27-24-25-16-20-9-10-22(31(20)28-24)18-5-3-7-21(15-18)34(2,32)33/h3-10,15-16H,11-14,17H2,1-2H3,(H,26,27,28). The van der Waals surface area contributed by atoms with Crippen LogP contribution in [0.3, 0.4) is 0 Å². The number of piperazine rings is 1. The number of anilines is 2. The number of rotatable bonds is 6. The van der Waals surface area contributed by atoms with Gasteiger partial charge < -0.3 is 10.2 Å². The van der Waals surface area contributed by atoms with Gasteiger partial charge >= 0.3 is 0 Å². The van der Waals surface area contributed by atoms with Crippen LogP contribution in [0, 0.1) is 0 Å². The molecule has 34 heavy (non-hydrogen) atoms. The minimum atomic E-state index is -3.30. The van der Waals surface area contributed by atoms with Gasteiger partial charge in [-0.1, -0.05) is 18.2 Å². The van der Waals surface area contributed by atoms with Gasteiger partial charge in [0.2, 0.25) is 5.95 Å². The van der Waals surface area contributed by atoms with Crippen molar-refractivity contribution in [2.24, 2.45) is 0 Å². The highest BCUT2D eigenvalue weighted by Gasteiger charge is 2.15.